The maximum absolute atomic E-state index is 5.51. The highest BCUT2D eigenvalue weighted by Gasteiger charge is 2.29. The van der Waals surface area contributed by atoms with Gasteiger partial charge in [-0.1, -0.05) is 37.3 Å². The lowest BCUT2D eigenvalue weighted by molar-refractivity contribution is 0.0672. The largest absolute Gasteiger partial charge is 0.424 e. The van der Waals surface area contributed by atoms with Crippen LogP contribution in [0.2, 0.25) is 0 Å². The fourth-order valence-electron chi connectivity index (χ4n) is 3.59. The second-order valence-electron chi connectivity index (χ2n) is 6.68. The molecule has 1 saturated heterocycles. The molecule has 2 heterocycles. The highest BCUT2D eigenvalue weighted by Crippen LogP contribution is 2.23. The molecule has 0 radical (unpaired) electrons. The normalized spacial score (nSPS) is 22.6. The minimum atomic E-state index is 0.564. The Hall–Kier alpha value is -1.72. The van der Waals surface area contributed by atoms with Crippen LogP contribution in [0.3, 0.4) is 0 Å². The van der Waals surface area contributed by atoms with Gasteiger partial charge >= 0.3 is 0 Å². The lowest BCUT2D eigenvalue weighted by Crippen LogP contribution is -2.48. The van der Waals surface area contributed by atoms with Crippen molar-refractivity contribution < 1.29 is 4.42 Å². The van der Waals surface area contributed by atoms with Gasteiger partial charge in [-0.25, -0.2) is 0 Å². The molecule has 0 saturated carbocycles. The third kappa shape index (κ3) is 4.18. The van der Waals surface area contributed by atoms with Crippen molar-refractivity contribution >= 4 is 0 Å². The molecule has 5 heteroatoms. The van der Waals surface area contributed by atoms with Crippen molar-refractivity contribution in [1.29, 1.82) is 0 Å². The molecule has 0 N–H and O–H groups in total. The van der Waals surface area contributed by atoms with Gasteiger partial charge in [0, 0.05) is 26.1 Å². The van der Waals surface area contributed by atoms with Gasteiger partial charge in [0.25, 0.3) is 0 Å². The van der Waals surface area contributed by atoms with Crippen molar-refractivity contribution in [3.63, 3.8) is 0 Å². The maximum atomic E-state index is 5.51. The van der Waals surface area contributed by atoms with Gasteiger partial charge in [0.15, 0.2) is 0 Å². The first-order valence-electron chi connectivity index (χ1n) is 8.37. The SMILES string of the molecule is Cc1nnc(CN(C)[C@H]2CCN(Cc3ccccc3)C[C@H]2C)o1. The van der Waals surface area contributed by atoms with Crippen molar-refractivity contribution in [2.75, 3.05) is 20.1 Å². The summed E-state index contributed by atoms with van der Waals surface area (Å²) in [6, 6.07) is 11.3. The third-order valence-corrected chi connectivity index (χ3v) is 4.71. The maximum Gasteiger partial charge on any atom is 0.230 e. The van der Waals surface area contributed by atoms with Gasteiger partial charge in [0.2, 0.25) is 11.8 Å². The van der Waals surface area contributed by atoms with E-state index in [-0.39, 0.29) is 0 Å². The summed E-state index contributed by atoms with van der Waals surface area (Å²) in [4.78, 5) is 4.92. The molecule has 1 aromatic heterocycles. The van der Waals surface area contributed by atoms with Crippen LogP contribution < -0.4 is 0 Å². The van der Waals surface area contributed by atoms with Crippen molar-refractivity contribution in [1.82, 2.24) is 20.0 Å². The lowest BCUT2D eigenvalue weighted by Gasteiger charge is -2.41. The number of hydrogen-bond donors (Lipinski definition) is 0. The highest BCUT2D eigenvalue weighted by atomic mass is 16.4. The van der Waals surface area contributed by atoms with E-state index >= 15 is 0 Å². The molecule has 0 spiro atoms. The summed E-state index contributed by atoms with van der Waals surface area (Å²) in [7, 11) is 2.16. The minimum Gasteiger partial charge on any atom is -0.424 e. The van der Waals surface area contributed by atoms with Crippen LogP contribution in [0.5, 0.6) is 0 Å². The van der Waals surface area contributed by atoms with E-state index < -0.39 is 0 Å². The summed E-state index contributed by atoms with van der Waals surface area (Å²) in [6.45, 7) is 8.22. The number of rotatable bonds is 5. The topological polar surface area (TPSA) is 45.4 Å². The second kappa shape index (κ2) is 7.23. The van der Waals surface area contributed by atoms with Crippen molar-refractivity contribution in [2.45, 2.75) is 39.4 Å². The number of benzene rings is 1. The number of hydrogen-bond acceptors (Lipinski definition) is 5. The second-order valence-corrected chi connectivity index (χ2v) is 6.68. The molecule has 23 heavy (non-hydrogen) atoms. The van der Waals surface area contributed by atoms with Crippen LogP contribution in [-0.4, -0.2) is 46.2 Å². The van der Waals surface area contributed by atoms with E-state index in [1.807, 2.05) is 6.92 Å². The zero-order valence-corrected chi connectivity index (χ0v) is 14.3. The molecular formula is C18H26N4O. The van der Waals surface area contributed by atoms with E-state index in [9.17, 15) is 0 Å². The molecule has 2 aromatic rings. The van der Waals surface area contributed by atoms with Crippen LogP contribution in [-0.2, 0) is 13.1 Å². The summed E-state index contributed by atoms with van der Waals surface area (Å²) >= 11 is 0. The summed E-state index contributed by atoms with van der Waals surface area (Å²) in [5, 5.41) is 8.02. The standard InChI is InChI=1S/C18H26N4O/c1-14-11-22(12-16-7-5-4-6-8-16)10-9-17(14)21(3)13-18-20-19-15(2)23-18/h4-8,14,17H,9-13H2,1-3H3/t14-,17+/m1/s1. The Labute approximate surface area is 138 Å². The molecule has 124 valence electrons. The van der Waals surface area contributed by atoms with Gasteiger partial charge in [0.05, 0.1) is 6.54 Å². The number of piperidine rings is 1. The van der Waals surface area contributed by atoms with E-state index in [1.54, 1.807) is 0 Å². The van der Waals surface area contributed by atoms with Gasteiger partial charge < -0.3 is 4.42 Å². The molecule has 1 aliphatic heterocycles. The summed E-state index contributed by atoms with van der Waals surface area (Å²) in [5.41, 5.74) is 1.40. The van der Waals surface area contributed by atoms with Gasteiger partial charge in [-0.15, -0.1) is 10.2 Å². The molecule has 5 nitrogen and oxygen atoms in total. The average Bonchev–Trinajstić information content (AvgIpc) is 2.93. The van der Waals surface area contributed by atoms with Crippen LogP contribution in [0.25, 0.3) is 0 Å². The Balaban J connectivity index is 1.53. The zero-order valence-electron chi connectivity index (χ0n) is 14.3. The fraction of sp³-hybridized carbons (Fsp3) is 0.556. The Kier molecular flexibility index (Phi) is 5.08. The molecule has 0 unspecified atom stereocenters. The summed E-state index contributed by atoms with van der Waals surface area (Å²) in [5.74, 6) is 1.98. The number of aromatic nitrogens is 2. The Morgan fingerprint density at radius 3 is 2.70 bits per heavy atom. The lowest BCUT2D eigenvalue weighted by atomic mass is 9.92. The van der Waals surface area contributed by atoms with Crippen molar-refractivity contribution in [3.8, 4) is 0 Å². The Morgan fingerprint density at radius 1 is 1.26 bits per heavy atom. The van der Waals surface area contributed by atoms with Gasteiger partial charge in [0.1, 0.15) is 0 Å². The van der Waals surface area contributed by atoms with Gasteiger partial charge in [-0.3, -0.25) is 9.80 Å². The molecule has 3 rings (SSSR count). The minimum absolute atomic E-state index is 0.564. The first-order valence-corrected chi connectivity index (χ1v) is 8.37. The van der Waals surface area contributed by atoms with Crippen LogP contribution in [0.15, 0.2) is 34.7 Å². The van der Waals surface area contributed by atoms with Crippen LogP contribution >= 0.6 is 0 Å². The van der Waals surface area contributed by atoms with Crippen LogP contribution in [0, 0.1) is 12.8 Å². The first kappa shape index (κ1) is 16.1. The summed E-state index contributed by atoms with van der Waals surface area (Å²) < 4.78 is 5.51. The Bertz CT molecular complexity index is 612. The molecule has 0 bridgehead atoms. The molecule has 0 aliphatic carbocycles. The first-order chi connectivity index (χ1) is 11.1. The number of nitrogens with zero attached hydrogens (tertiary/aromatic N) is 4. The number of aryl methyl sites for hydroxylation is 1. The van der Waals surface area contributed by atoms with E-state index in [0.717, 1.165) is 26.2 Å². The molecule has 1 aliphatic rings. The van der Waals surface area contributed by atoms with Gasteiger partial charge in [-0.2, -0.15) is 0 Å². The predicted octanol–water partition coefficient (Wildman–Crippen LogP) is 2.72. The number of likely N-dealkylation sites (tertiary alicyclic amines) is 1. The predicted molar refractivity (Wildman–Crippen MR) is 89.8 cm³/mol. The molecule has 1 fully saturated rings. The van der Waals surface area contributed by atoms with Crippen molar-refractivity contribution in [2.24, 2.45) is 5.92 Å². The molecule has 2 atom stereocenters. The van der Waals surface area contributed by atoms with E-state index in [1.165, 1.54) is 12.0 Å². The van der Waals surface area contributed by atoms with Gasteiger partial charge in [-0.05, 0) is 31.5 Å². The van der Waals surface area contributed by atoms with E-state index in [2.05, 4.69) is 64.3 Å². The van der Waals surface area contributed by atoms with E-state index in [4.69, 9.17) is 4.42 Å². The van der Waals surface area contributed by atoms with Crippen LogP contribution in [0.1, 0.15) is 30.7 Å². The van der Waals surface area contributed by atoms with Crippen LogP contribution in [0.4, 0.5) is 0 Å². The quantitative estimate of drug-likeness (QED) is 0.849. The highest BCUT2D eigenvalue weighted by molar-refractivity contribution is 5.14. The smallest absolute Gasteiger partial charge is 0.230 e. The van der Waals surface area contributed by atoms with Crippen molar-refractivity contribution in [3.05, 3.63) is 47.7 Å². The third-order valence-electron chi connectivity index (χ3n) is 4.71. The molecular weight excluding hydrogens is 288 g/mol. The molecule has 0 amide bonds. The monoisotopic (exact) mass is 314 g/mol. The average molecular weight is 314 g/mol. The summed E-state index contributed by atoms with van der Waals surface area (Å²) in [6.07, 6.45) is 1.18. The fourth-order valence-corrected chi connectivity index (χ4v) is 3.59. The van der Waals surface area contributed by atoms with E-state index in [0.29, 0.717) is 23.7 Å². The zero-order chi connectivity index (χ0) is 16.2. The molecule has 1 aromatic carbocycles. The Morgan fingerprint density at radius 2 is 2.04 bits per heavy atom.